The van der Waals surface area contributed by atoms with E-state index in [9.17, 15) is 0 Å². The molecule has 0 atom stereocenters. The van der Waals surface area contributed by atoms with Crippen molar-refractivity contribution in [3.8, 4) is 0 Å². The summed E-state index contributed by atoms with van der Waals surface area (Å²) in [6.07, 6.45) is 1.04. The predicted octanol–water partition coefficient (Wildman–Crippen LogP) is 2.75. The Morgan fingerprint density at radius 2 is 1.86 bits per heavy atom. The molecule has 14 heavy (non-hydrogen) atoms. The van der Waals surface area contributed by atoms with Crippen LogP contribution in [0.1, 0.15) is 34.1 Å². The minimum Gasteiger partial charge on any atom is -0.379 e. The Morgan fingerprint density at radius 1 is 1.29 bits per heavy atom. The zero-order valence-electron chi connectivity index (χ0n) is 10.1. The van der Waals surface area contributed by atoms with Gasteiger partial charge in [0.2, 0.25) is 0 Å². The maximum Gasteiger partial charge on any atom is 0.0634 e. The first-order valence-corrected chi connectivity index (χ1v) is 5.81. The van der Waals surface area contributed by atoms with Crippen LogP contribution in [0.3, 0.4) is 0 Å². The highest BCUT2D eigenvalue weighted by molar-refractivity contribution is 6.18. The maximum absolute atomic E-state index is 5.75. The van der Waals surface area contributed by atoms with Crippen LogP contribution in [0.15, 0.2) is 0 Å². The van der Waals surface area contributed by atoms with E-state index in [-0.39, 0.29) is 5.60 Å². The van der Waals surface area contributed by atoms with Crippen LogP contribution in [-0.2, 0) is 4.74 Å². The summed E-state index contributed by atoms with van der Waals surface area (Å²) in [6, 6.07) is 0.557. The average Bonchev–Trinajstić information content (AvgIpc) is 2.12. The highest BCUT2D eigenvalue weighted by atomic mass is 35.5. The van der Waals surface area contributed by atoms with Gasteiger partial charge in [-0.3, -0.25) is 4.90 Å². The van der Waals surface area contributed by atoms with E-state index in [1.807, 2.05) is 0 Å². The van der Waals surface area contributed by atoms with E-state index >= 15 is 0 Å². The molecule has 0 aliphatic heterocycles. The highest BCUT2D eigenvalue weighted by Gasteiger charge is 2.18. The van der Waals surface area contributed by atoms with Crippen LogP contribution in [0, 0.1) is 0 Å². The molecule has 3 heteroatoms. The van der Waals surface area contributed by atoms with Crippen LogP contribution in [0.25, 0.3) is 0 Å². The lowest BCUT2D eigenvalue weighted by atomic mass is 10.0. The predicted molar refractivity (Wildman–Crippen MR) is 63.1 cm³/mol. The van der Waals surface area contributed by atoms with Gasteiger partial charge in [0, 0.05) is 32.1 Å². The smallest absolute Gasteiger partial charge is 0.0634 e. The number of ether oxygens (including phenoxy) is 1. The van der Waals surface area contributed by atoms with Crippen LogP contribution in [0.4, 0.5) is 0 Å². The lowest BCUT2D eigenvalue weighted by Gasteiger charge is -2.30. The van der Waals surface area contributed by atoms with Crippen molar-refractivity contribution in [1.29, 1.82) is 0 Å². The molecule has 0 spiro atoms. The Hall–Kier alpha value is 0.210. The summed E-state index contributed by atoms with van der Waals surface area (Å²) in [5.41, 5.74) is -0.0283. The molecule has 0 aromatic heterocycles. The first-order chi connectivity index (χ1) is 6.43. The first kappa shape index (κ1) is 14.2. The third-order valence-corrected chi connectivity index (χ3v) is 2.82. The van der Waals surface area contributed by atoms with Gasteiger partial charge in [0.05, 0.1) is 5.60 Å². The minimum atomic E-state index is -0.0283. The molecule has 0 aromatic rings. The molecule has 86 valence electrons. The molecule has 0 fully saturated rings. The number of alkyl halides is 1. The van der Waals surface area contributed by atoms with Gasteiger partial charge in [-0.15, -0.1) is 11.6 Å². The molecule has 2 nitrogen and oxygen atoms in total. The number of nitrogens with zero attached hydrogens (tertiary/aromatic N) is 1. The van der Waals surface area contributed by atoms with Gasteiger partial charge in [-0.1, -0.05) is 0 Å². The van der Waals surface area contributed by atoms with Crippen molar-refractivity contribution in [1.82, 2.24) is 4.90 Å². The van der Waals surface area contributed by atoms with Gasteiger partial charge in [0.25, 0.3) is 0 Å². The van der Waals surface area contributed by atoms with Crippen molar-refractivity contribution in [2.75, 3.05) is 26.1 Å². The van der Waals surface area contributed by atoms with E-state index in [2.05, 4.69) is 32.6 Å². The summed E-state index contributed by atoms with van der Waals surface area (Å²) in [5.74, 6) is 0.700. The van der Waals surface area contributed by atoms with E-state index < -0.39 is 0 Å². The minimum absolute atomic E-state index is 0.0283. The zero-order chi connectivity index (χ0) is 11.2. The molecular formula is C11H24ClNO. The molecule has 0 rings (SSSR count). The molecule has 0 aliphatic carbocycles. The second kappa shape index (κ2) is 6.65. The maximum atomic E-state index is 5.75. The Morgan fingerprint density at radius 3 is 2.21 bits per heavy atom. The van der Waals surface area contributed by atoms with Gasteiger partial charge in [-0.25, -0.2) is 0 Å². The molecule has 0 aromatic carbocycles. The van der Waals surface area contributed by atoms with Crippen LogP contribution in [0.2, 0.25) is 0 Å². The van der Waals surface area contributed by atoms with Gasteiger partial charge in [0.15, 0.2) is 0 Å². The average molecular weight is 222 g/mol. The molecular weight excluding hydrogens is 198 g/mol. The first-order valence-electron chi connectivity index (χ1n) is 5.28. The van der Waals surface area contributed by atoms with Gasteiger partial charge in [0.1, 0.15) is 0 Å². The summed E-state index contributed by atoms with van der Waals surface area (Å²) in [7, 11) is 1.77. The standard InChI is InChI=1S/C11H24ClNO/c1-10(2)13(9-7-12)8-6-11(3,4)14-5/h10H,6-9H2,1-5H3. The Bertz CT molecular complexity index is 148. The van der Waals surface area contributed by atoms with Crippen molar-refractivity contribution in [3.63, 3.8) is 0 Å². The molecule has 0 heterocycles. The normalized spacial score (nSPS) is 12.9. The topological polar surface area (TPSA) is 12.5 Å². The number of halogens is 1. The van der Waals surface area contributed by atoms with E-state index in [0.29, 0.717) is 11.9 Å². The zero-order valence-corrected chi connectivity index (χ0v) is 10.9. The van der Waals surface area contributed by atoms with E-state index in [0.717, 1.165) is 19.5 Å². The Kier molecular flexibility index (Phi) is 6.75. The molecule has 0 bridgehead atoms. The van der Waals surface area contributed by atoms with Crippen LogP contribution < -0.4 is 0 Å². The summed E-state index contributed by atoms with van der Waals surface area (Å²) >= 11 is 5.75. The second-order valence-electron chi connectivity index (χ2n) is 4.53. The number of hydrogen-bond acceptors (Lipinski definition) is 2. The fourth-order valence-electron chi connectivity index (χ4n) is 1.25. The number of hydrogen-bond donors (Lipinski definition) is 0. The summed E-state index contributed by atoms with van der Waals surface area (Å²) in [6.45, 7) is 10.6. The van der Waals surface area contributed by atoms with E-state index in [1.165, 1.54) is 0 Å². The second-order valence-corrected chi connectivity index (χ2v) is 4.91. The van der Waals surface area contributed by atoms with Crippen molar-refractivity contribution < 1.29 is 4.74 Å². The molecule has 0 unspecified atom stereocenters. The monoisotopic (exact) mass is 221 g/mol. The molecule has 0 radical (unpaired) electrons. The molecule has 0 N–H and O–H groups in total. The van der Waals surface area contributed by atoms with Crippen molar-refractivity contribution in [2.24, 2.45) is 0 Å². The van der Waals surface area contributed by atoms with Crippen molar-refractivity contribution >= 4 is 11.6 Å². The fourth-order valence-corrected chi connectivity index (χ4v) is 1.47. The summed E-state index contributed by atoms with van der Waals surface area (Å²) < 4.78 is 5.39. The summed E-state index contributed by atoms with van der Waals surface area (Å²) in [4.78, 5) is 2.38. The third kappa shape index (κ3) is 5.84. The highest BCUT2D eigenvalue weighted by Crippen LogP contribution is 2.14. The lowest BCUT2D eigenvalue weighted by Crippen LogP contribution is -2.37. The van der Waals surface area contributed by atoms with E-state index in [1.54, 1.807) is 7.11 Å². The molecule has 0 saturated carbocycles. The largest absolute Gasteiger partial charge is 0.379 e. The SMILES string of the molecule is COC(C)(C)CCN(CCCl)C(C)C. The Labute approximate surface area is 93.6 Å². The number of methoxy groups -OCH3 is 1. The Balaban J connectivity index is 3.93. The van der Waals surface area contributed by atoms with Crippen LogP contribution in [-0.4, -0.2) is 42.6 Å². The van der Waals surface area contributed by atoms with Gasteiger partial charge in [-0.05, 0) is 34.1 Å². The van der Waals surface area contributed by atoms with Gasteiger partial charge in [-0.2, -0.15) is 0 Å². The quantitative estimate of drug-likeness (QED) is 0.613. The fraction of sp³-hybridized carbons (Fsp3) is 1.00. The number of rotatable bonds is 7. The lowest BCUT2D eigenvalue weighted by molar-refractivity contribution is 0.00565. The van der Waals surface area contributed by atoms with Crippen molar-refractivity contribution in [3.05, 3.63) is 0 Å². The van der Waals surface area contributed by atoms with Gasteiger partial charge < -0.3 is 4.74 Å². The van der Waals surface area contributed by atoms with Crippen LogP contribution in [0.5, 0.6) is 0 Å². The molecule has 0 amide bonds. The summed E-state index contributed by atoms with van der Waals surface area (Å²) in [5, 5.41) is 0. The van der Waals surface area contributed by atoms with Crippen molar-refractivity contribution in [2.45, 2.75) is 45.8 Å². The van der Waals surface area contributed by atoms with Gasteiger partial charge >= 0.3 is 0 Å². The molecule has 0 aliphatic rings. The van der Waals surface area contributed by atoms with Crippen LogP contribution >= 0.6 is 11.6 Å². The molecule has 0 saturated heterocycles. The van der Waals surface area contributed by atoms with E-state index in [4.69, 9.17) is 16.3 Å². The third-order valence-electron chi connectivity index (χ3n) is 2.66.